The number of carbonyl (C=O) groups excluding carboxylic acids is 2. The van der Waals surface area contributed by atoms with Crippen LogP contribution in [-0.2, 0) is 9.59 Å². The first-order valence-corrected chi connectivity index (χ1v) is 8.53. The van der Waals surface area contributed by atoms with Gasteiger partial charge in [-0.05, 0) is 45.2 Å². The van der Waals surface area contributed by atoms with E-state index in [1.54, 1.807) is 24.1 Å². The fourth-order valence-corrected chi connectivity index (χ4v) is 2.38. The molecule has 6 heteroatoms. The Morgan fingerprint density at radius 3 is 2.27 bits per heavy atom. The normalized spacial score (nSPS) is 10.7. The Morgan fingerprint density at radius 2 is 1.58 bits per heavy atom. The molecular formula is C20H25N3O3. The summed E-state index contributed by atoms with van der Waals surface area (Å²) in [6, 6.07) is 16.7. The van der Waals surface area contributed by atoms with Gasteiger partial charge in [0.05, 0.1) is 18.8 Å². The van der Waals surface area contributed by atoms with Crippen LogP contribution in [0.25, 0.3) is 0 Å². The van der Waals surface area contributed by atoms with Crippen LogP contribution in [0.15, 0.2) is 54.6 Å². The van der Waals surface area contributed by atoms with Crippen molar-refractivity contribution in [2.75, 3.05) is 25.5 Å². The zero-order valence-electron chi connectivity index (χ0n) is 15.4. The van der Waals surface area contributed by atoms with Crippen LogP contribution in [0.2, 0.25) is 0 Å². The summed E-state index contributed by atoms with van der Waals surface area (Å²) in [6.45, 7) is 4.06. The molecule has 2 amide bonds. The summed E-state index contributed by atoms with van der Waals surface area (Å²) >= 11 is 0. The second-order valence-electron chi connectivity index (χ2n) is 6.35. The number of anilines is 1. The van der Waals surface area contributed by atoms with Crippen molar-refractivity contribution in [3.05, 3.63) is 54.6 Å². The van der Waals surface area contributed by atoms with Gasteiger partial charge in [0.1, 0.15) is 5.75 Å². The van der Waals surface area contributed by atoms with E-state index in [0.717, 1.165) is 0 Å². The molecule has 0 saturated carbocycles. The van der Waals surface area contributed by atoms with Crippen molar-refractivity contribution in [2.24, 2.45) is 0 Å². The van der Waals surface area contributed by atoms with Gasteiger partial charge in [-0.3, -0.25) is 14.5 Å². The van der Waals surface area contributed by atoms with Gasteiger partial charge in [0, 0.05) is 6.04 Å². The Morgan fingerprint density at radius 1 is 0.962 bits per heavy atom. The first-order chi connectivity index (χ1) is 12.4. The number of amides is 2. The highest BCUT2D eigenvalue weighted by Gasteiger charge is 2.13. The van der Waals surface area contributed by atoms with Crippen LogP contribution in [0, 0.1) is 0 Å². The summed E-state index contributed by atoms with van der Waals surface area (Å²) in [5.74, 6) is 0.931. The largest absolute Gasteiger partial charge is 0.455 e. The second kappa shape index (κ2) is 9.58. The molecule has 0 saturated heterocycles. The van der Waals surface area contributed by atoms with E-state index < -0.39 is 0 Å². The van der Waals surface area contributed by atoms with Crippen molar-refractivity contribution in [3.8, 4) is 11.5 Å². The minimum Gasteiger partial charge on any atom is -0.455 e. The number of nitrogens with one attached hydrogen (secondary N) is 2. The Labute approximate surface area is 154 Å². The highest BCUT2D eigenvalue weighted by molar-refractivity contribution is 5.94. The summed E-state index contributed by atoms with van der Waals surface area (Å²) in [7, 11) is 1.73. The maximum absolute atomic E-state index is 12.3. The minimum atomic E-state index is -0.214. The van der Waals surface area contributed by atoms with Crippen LogP contribution < -0.4 is 15.4 Å². The Hall–Kier alpha value is -2.86. The lowest BCUT2D eigenvalue weighted by atomic mass is 10.2. The first-order valence-electron chi connectivity index (χ1n) is 8.53. The molecule has 2 rings (SSSR count). The van der Waals surface area contributed by atoms with E-state index in [1.807, 2.05) is 56.3 Å². The Balaban J connectivity index is 1.93. The predicted molar refractivity (Wildman–Crippen MR) is 102 cm³/mol. The SMILES string of the molecule is CC(C)NC(=O)CN(C)CC(=O)Nc1ccccc1Oc1ccccc1. The van der Waals surface area contributed by atoms with Crippen LogP contribution in [-0.4, -0.2) is 42.9 Å². The summed E-state index contributed by atoms with van der Waals surface area (Å²) in [5.41, 5.74) is 0.585. The van der Waals surface area contributed by atoms with Crippen molar-refractivity contribution in [1.82, 2.24) is 10.2 Å². The zero-order chi connectivity index (χ0) is 18.9. The van der Waals surface area contributed by atoms with Crippen LogP contribution in [0.3, 0.4) is 0 Å². The average molecular weight is 355 g/mol. The molecule has 2 aromatic carbocycles. The standard InChI is InChI=1S/C20H25N3O3/c1-15(2)21-19(24)13-23(3)14-20(25)22-17-11-7-8-12-18(17)26-16-9-5-4-6-10-16/h4-12,15H,13-14H2,1-3H3,(H,21,24)(H,22,25). The zero-order valence-corrected chi connectivity index (χ0v) is 15.4. The molecule has 0 aliphatic carbocycles. The van der Waals surface area contributed by atoms with Crippen molar-refractivity contribution in [1.29, 1.82) is 0 Å². The first kappa shape index (κ1) is 19.5. The number of rotatable bonds is 8. The van der Waals surface area contributed by atoms with Gasteiger partial charge in [-0.1, -0.05) is 30.3 Å². The molecule has 0 aliphatic heterocycles. The van der Waals surface area contributed by atoms with Gasteiger partial charge >= 0.3 is 0 Å². The van der Waals surface area contributed by atoms with E-state index in [-0.39, 0.29) is 30.9 Å². The maximum atomic E-state index is 12.3. The van der Waals surface area contributed by atoms with E-state index in [2.05, 4.69) is 10.6 Å². The molecule has 0 radical (unpaired) electrons. The third-order valence-corrected chi connectivity index (χ3v) is 3.41. The van der Waals surface area contributed by atoms with Gasteiger partial charge in [0.15, 0.2) is 5.75 Å². The molecule has 0 heterocycles. The third kappa shape index (κ3) is 6.57. The Bertz CT molecular complexity index is 732. The van der Waals surface area contributed by atoms with Crippen molar-refractivity contribution in [2.45, 2.75) is 19.9 Å². The highest BCUT2D eigenvalue weighted by atomic mass is 16.5. The number of ether oxygens (including phenoxy) is 1. The quantitative estimate of drug-likeness (QED) is 0.764. The van der Waals surface area contributed by atoms with E-state index in [1.165, 1.54) is 0 Å². The van der Waals surface area contributed by atoms with Gasteiger partial charge in [-0.15, -0.1) is 0 Å². The molecule has 138 valence electrons. The van der Waals surface area contributed by atoms with E-state index >= 15 is 0 Å². The summed E-state index contributed by atoms with van der Waals surface area (Å²) < 4.78 is 5.83. The molecule has 0 atom stereocenters. The van der Waals surface area contributed by atoms with Crippen LogP contribution in [0.5, 0.6) is 11.5 Å². The number of benzene rings is 2. The number of nitrogens with zero attached hydrogens (tertiary/aromatic N) is 1. The van der Waals surface area contributed by atoms with E-state index in [4.69, 9.17) is 4.74 Å². The van der Waals surface area contributed by atoms with Crippen LogP contribution >= 0.6 is 0 Å². The molecule has 0 aliphatic rings. The van der Waals surface area contributed by atoms with Gasteiger partial charge < -0.3 is 15.4 Å². The van der Waals surface area contributed by atoms with Gasteiger partial charge in [-0.2, -0.15) is 0 Å². The molecular weight excluding hydrogens is 330 g/mol. The third-order valence-electron chi connectivity index (χ3n) is 3.41. The lowest BCUT2D eigenvalue weighted by Gasteiger charge is -2.18. The van der Waals surface area contributed by atoms with Gasteiger partial charge in [-0.25, -0.2) is 0 Å². The van der Waals surface area contributed by atoms with E-state index in [0.29, 0.717) is 17.2 Å². The molecule has 6 nitrogen and oxygen atoms in total. The van der Waals surface area contributed by atoms with Crippen LogP contribution in [0.4, 0.5) is 5.69 Å². The monoisotopic (exact) mass is 355 g/mol. The fraction of sp³-hybridized carbons (Fsp3) is 0.300. The number of para-hydroxylation sites is 3. The maximum Gasteiger partial charge on any atom is 0.238 e. The summed E-state index contributed by atoms with van der Waals surface area (Å²) in [4.78, 5) is 25.7. The lowest BCUT2D eigenvalue weighted by Crippen LogP contribution is -2.41. The second-order valence-corrected chi connectivity index (χ2v) is 6.35. The molecule has 0 bridgehead atoms. The summed E-state index contributed by atoms with van der Waals surface area (Å²) in [5, 5.41) is 5.64. The van der Waals surface area contributed by atoms with Crippen molar-refractivity contribution in [3.63, 3.8) is 0 Å². The number of hydrogen-bond donors (Lipinski definition) is 2. The number of hydrogen-bond acceptors (Lipinski definition) is 4. The molecule has 0 spiro atoms. The molecule has 2 aromatic rings. The predicted octanol–water partition coefficient (Wildman–Crippen LogP) is 2.87. The molecule has 0 unspecified atom stereocenters. The molecule has 0 aromatic heterocycles. The van der Waals surface area contributed by atoms with Crippen molar-refractivity contribution < 1.29 is 14.3 Å². The molecule has 2 N–H and O–H groups in total. The van der Waals surface area contributed by atoms with Gasteiger partial charge in [0.25, 0.3) is 0 Å². The van der Waals surface area contributed by atoms with E-state index in [9.17, 15) is 9.59 Å². The van der Waals surface area contributed by atoms with Crippen molar-refractivity contribution >= 4 is 17.5 Å². The topological polar surface area (TPSA) is 70.7 Å². The number of likely N-dealkylation sites (N-methyl/N-ethyl adjacent to an activating group) is 1. The minimum absolute atomic E-state index is 0.0757. The average Bonchev–Trinajstić information content (AvgIpc) is 2.56. The van der Waals surface area contributed by atoms with Crippen LogP contribution in [0.1, 0.15) is 13.8 Å². The number of carbonyl (C=O) groups is 2. The molecule has 26 heavy (non-hydrogen) atoms. The smallest absolute Gasteiger partial charge is 0.238 e. The summed E-state index contributed by atoms with van der Waals surface area (Å²) in [6.07, 6.45) is 0. The lowest BCUT2D eigenvalue weighted by molar-refractivity contribution is -0.123. The Kier molecular flexibility index (Phi) is 7.17. The fourth-order valence-electron chi connectivity index (χ4n) is 2.38. The highest BCUT2D eigenvalue weighted by Crippen LogP contribution is 2.28. The van der Waals surface area contributed by atoms with Gasteiger partial charge in [0.2, 0.25) is 11.8 Å². The molecule has 0 fully saturated rings.